The van der Waals surface area contributed by atoms with Gasteiger partial charge in [-0.05, 0) is 61.3 Å². The average molecular weight is 209 g/mol. The molecule has 0 aliphatic heterocycles. The van der Waals surface area contributed by atoms with E-state index in [0.717, 1.165) is 11.8 Å². The lowest BCUT2D eigenvalue weighted by atomic mass is 9.47. The van der Waals surface area contributed by atoms with Gasteiger partial charge >= 0.3 is 5.97 Å². The summed E-state index contributed by atoms with van der Waals surface area (Å²) < 4.78 is 0. The van der Waals surface area contributed by atoms with E-state index < -0.39 is 5.97 Å². The molecule has 3 saturated carbocycles. The van der Waals surface area contributed by atoms with E-state index >= 15 is 0 Å². The van der Waals surface area contributed by atoms with E-state index in [1.54, 1.807) is 0 Å². The zero-order valence-electron chi connectivity index (χ0n) is 8.98. The smallest absolute Gasteiger partial charge is 0.303 e. The van der Waals surface area contributed by atoms with E-state index in [1.165, 1.54) is 25.7 Å². The number of aliphatic carboxylic acids is 1. The van der Waals surface area contributed by atoms with Gasteiger partial charge in [-0.2, -0.15) is 0 Å². The Morgan fingerprint density at radius 3 is 2.33 bits per heavy atom. The van der Waals surface area contributed by atoms with E-state index in [9.17, 15) is 4.79 Å². The Labute approximate surface area is 90.0 Å². The molecule has 0 aromatic rings. The fourth-order valence-electron chi connectivity index (χ4n) is 5.06. The van der Waals surface area contributed by atoms with Crippen LogP contribution in [-0.2, 0) is 4.79 Å². The van der Waals surface area contributed by atoms with Crippen molar-refractivity contribution in [3.63, 3.8) is 0 Å². The second kappa shape index (κ2) is 2.97. The van der Waals surface area contributed by atoms with Crippen LogP contribution in [0.5, 0.6) is 0 Å². The molecule has 3 nitrogen and oxygen atoms in total. The number of hydrogen-bond acceptors (Lipinski definition) is 2. The van der Waals surface area contributed by atoms with Crippen LogP contribution < -0.4 is 5.73 Å². The molecule has 4 unspecified atom stereocenters. The van der Waals surface area contributed by atoms with Gasteiger partial charge in [0.25, 0.3) is 0 Å². The van der Waals surface area contributed by atoms with Gasteiger partial charge in [0.1, 0.15) is 0 Å². The number of rotatable bonds is 3. The normalized spacial score (nSPS) is 51.3. The summed E-state index contributed by atoms with van der Waals surface area (Å²) in [5, 5.41) is 9.04. The molecule has 0 heterocycles. The molecule has 5 atom stereocenters. The molecule has 3 N–H and O–H groups in total. The van der Waals surface area contributed by atoms with Crippen LogP contribution in [0.3, 0.4) is 0 Å². The summed E-state index contributed by atoms with van der Waals surface area (Å²) in [6.07, 6.45) is 5.43. The standard InChI is InChI=1S/C12H19NO2/c13-6-12(5-10(14)15)8-3-1-7-2-4-9(12)11(7)8/h7-9,11H,1-6,13H2,(H,14,15)/t7?,8-,9?,11?,12?/m0/s1. The first-order chi connectivity index (χ1) is 7.19. The summed E-state index contributed by atoms with van der Waals surface area (Å²) in [5.74, 6) is 2.36. The summed E-state index contributed by atoms with van der Waals surface area (Å²) in [6.45, 7) is 0.581. The summed E-state index contributed by atoms with van der Waals surface area (Å²) in [4.78, 5) is 11.0. The lowest BCUT2D eigenvalue weighted by molar-refractivity contribution is -0.153. The zero-order valence-corrected chi connectivity index (χ0v) is 8.98. The maximum absolute atomic E-state index is 11.0. The Balaban J connectivity index is 1.88. The van der Waals surface area contributed by atoms with E-state index in [0.29, 0.717) is 24.8 Å². The summed E-state index contributed by atoms with van der Waals surface area (Å²) in [5.41, 5.74) is 5.87. The number of carboxylic acid groups (broad SMARTS) is 1. The third-order valence-electron chi connectivity index (χ3n) is 5.51. The quantitative estimate of drug-likeness (QED) is 0.740. The SMILES string of the molecule is NCC1(CC(=O)O)C2CCC3CC[C@H]1C32. The monoisotopic (exact) mass is 209 g/mol. The minimum Gasteiger partial charge on any atom is -0.481 e. The van der Waals surface area contributed by atoms with Gasteiger partial charge in [0.2, 0.25) is 0 Å². The van der Waals surface area contributed by atoms with E-state index in [-0.39, 0.29) is 5.41 Å². The summed E-state index contributed by atoms with van der Waals surface area (Å²) in [6, 6.07) is 0. The molecule has 0 radical (unpaired) electrons. The molecular weight excluding hydrogens is 190 g/mol. The van der Waals surface area contributed by atoms with Crippen LogP contribution in [0.4, 0.5) is 0 Å². The number of hydrogen-bond donors (Lipinski definition) is 2. The van der Waals surface area contributed by atoms with Gasteiger partial charge < -0.3 is 10.8 Å². The molecule has 84 valence electrons. The average Bonchev–Trinajstić information content (AvgIpc) is 2.67. The lowest BCUT2D eigenvalue weighted by Crippen LogP contribution is -2.58. The minimum absolute atomic E-state index is 0.0260. The molecule has 0 spiro atoms. The van der Waals surface area contributed by atoms with E-state index in [1.807, 2.05) is 0 Å². The van der Waals surface area contributed by atoms with Crippen LogP contribution in [0.1, 0.15) is 32.1 Å². The van der Waals surface area contributed by atoms with Gasteiger partial charge in [-0.25, -0.2) is 0 Å². The number of nitrogens with two attached hydrogens (primary N) is 1. The van der Waals surface area contributed by atoms with E-state index in [2.05, 4.69) is 0 Å². The van der Waals surface area contributed by atoms with Crippen molar-refractivity contribution in [1.29, 1.82) is 0 Å². The number of carboxylic acids is 1. The number of carbonyl (C=O) groups is 1. The Hall–Kier alpha value is -0.570. The third-order valence-corrected chi connectivity index (χ3v) is 5.51. The van der Waals surface area contributed by atoms with Gasteiger partial charge in [-0.3, -0.25) is 4.79 Å². The second-order valence-corrected chi connectivity index (χ2v) is 5.71. The maximum atomic E-state index is 11.0. The van der Waals surface area contributed by atoms with Crippen molar-refractivity contribution in [2.24, 2.45) is 34.8 Å². The van der Waals surface area contributed by atoms with Gasteiger partial charge in [0, 0.05) is 0 Å². The summed E-state index contributed by atoms with van der Waals surface area (Å²) in [7, 11) is 0. The maximum Gasteiger partial charge on any atom is 0.303 e. The second-order valence-electron chi connectivity index (χ2n) is 5.71. The zero-order chi connectivity index (χ0) is 10.6. The van der Waals surface area contributed by atoms with E-state index in [4.69, 9.17) is 10.8 Å². The Bertz CT molecular complexity index is 286. The molecule has 0 aromatic heterocycles. The fraction of sp³-hybridized carbons (Fsp3) is 0.917. The molecule has 0 bridgehead atoms. The Morgan fingerprint density at radius 2 is 1.87 bits per heavy atom. The predicted molar refractivity (Wildman–Crippen MR) is 56.2 cm³/mol. The molecular formula is C12H19NO2. The van der Waals surface area contributed by atoms with Crippen molar-refractivity contribution in [2.45, 2.75) is 32.1 Å². The third kappa shape index (κ3) is 1.02. The lowest BCUT2D eigenvalue weighted by Gasteiger charge is -2.57. The van der Waals surface area contributed by atoms with Crippen molar-refractivity contribution < 1.29 is 9.90 Å². The van der Waals surface area contributed by atoms with Crippen LogP contribution in [0.2, 0.25) is 0 Å². The Kier molecular flexibility index (Phi) is 1.91. The van der Waals surface area contributed by atoms with Gasteiger partial charge in [0.15, 0.2) is 0 Å². The van der Waals surface area contributed by atoms with Crippen molar-refractivity contribution in [3.8, 4) is 0 Å². The first kappa shape index (κ1) is 9.64. The highest BCUT2D eigenvalue weighted by Crippen LogP contribution is 2.71. The highest BCUT2D eigenvalue weighted by atomic mass is 16.4. The minimum atomic E-state index is -0.658. The topological polar surface area (TPSA) is 63.3 Å². The van der Waals surface area contributed by atoms with Gasteiger partial charge in [0.05, 0.1) is 6.42 Å². The molecule has 0 saturated heterocycles. The molecule has 3 rings (SSSR count). The first-order valence-electron chi connectivity index (χ1n) is 6.11. The highest BCUT2D eigenvalue weighted by Gasteiger charge is 2.67. The molecule has 3 heteroatoms. The van der Waals surface area contributed by atoms with Gasteiger partial charge in [-0.1, -0.05) is 0 Å². The molecule has 15 heavy (non-hydrogen) atoms. The van der Waals surface area contributed by atoms with Crippen LogP contribution >= 0.6 is 0 Å². The van der Waals surface area contributed by atoms with Crippen molar-refractivity contribution in [3.05, 3.63) is 0 Å². The van der Waals surface area contributed by atoms with Crippen molar-refractivity contribution in [2.75, 3.05) is 6.54 Å². The van der Waals surface area contributed by atoms with Crippen molar-refractivity contribution in [1.82, 2.24) is 0 Å². The van der Waals surface area contributed by atoms with Gasteiger partial charge in [-0.15, -0.1) is 0 Å². The molecule has 3 aliphatic rings. The molecule has 3 aliphatic carbocycles. The van der Waals surface area contributed by atoms with Crippen molar-refractivity contribution >= 4 is 5.97 Å². The summed E-state index contributed by atoms with van der Waals surface area (Å²) >= 11 is 0. The van der Waals surface area contributed by atoms with Crippen LogP contribution in [-0.4, -0.2) is 17.6 Å². The molecule has 3 fully saturated rings. The molecule has 0 aromatic carbocycles. The fourth-order valence-corrected chi connectivity index (χ4v) is 5.06. The Morgan fingerprint density at radius 1 is 1.27 bits per heavy atom. The first-order valence-corrected chi connectivity index (χ1v) is 6.11. The van der Waals surface area contributed by atoms with Crippen LogP contribution in [0, 0.1) is 29.1 Å². The largest absolute Gasteiger partial charge is 0.481 e. The van der Waals surface area contributed by atoms with Crippen LogP contribution in [0.15, 0.2) is 0 Å². The molecule has 0 amide bonds. The predicted octanol–water partition coefficient (Wildman–Crippen LogP) is 1.47. The van der Waals surface area contributed by atoms with Crippen LogP contribution in [0.25, 0.3) is 0 Å². The highest BCUT2D eigenvalue weighted by molar-refractivity contribution is 5.68.